The molecule has 0 bridgehead atoms. The van der Waals surface area contributed by atoms with E-state index in [1.807, 2.05) is 6.07 Å². The lowest BCUT2D eigenvalue weighted by atomic mass is 9.81. The second-order valence-corrected chi connectivity index (χ2v) is 14.9. The lowest BCUT2D eigenvalue weighted by molar-refractivity contribution is 0.658. The van der Waals surface area contributed by atoms with Gasteiger partial charge in [-0.05, 0) is 118 Å². The maximum Gasteiger partial charge on any atom is 0.136 e. The van der Waals surface area contributed by atoms with Crippen LogP contribution in [0.1, 0.15) is 25.0 Å². The zero-order valence-corrected chi connectivity index (χ0v) is 29.1. The third-order valence-corrected chi connectivity index (χ3v) is 11.6. The summed E-state index contributed by atoms with van der Waals surface area (Å²) in [4.78, 5) is 0. The molecule has 1 aliphatic rings. The highest BCUT2D eigenvalue weighted by atomic mass is 16.3. The van der Waals surface area contributed by atoms with Crippen LogP contribution < -0.4 is 0 Å². The number of benzene rings is 9. The van der Waals surface area contributed by atoms with Gasteiger partial charge in [-0.3, -0.25) is 0 Å². The first-order valence-electron chi connectivity index (χ1n) is 18.2. The van der Waals surface area contributed by atoms with Crippen molar-refractivity contribution in [2.24, 2.45) is 0 Å². The molecule has 0 radical (unpaired) electrons. The Morgan fingerprint density at radius 3 is 1.60 bits per heavy atom. The molecule has 0 atom stereocenters. The summed E-state index contributed by atoms with van der Waals surface area (Å²) in [6, 6.07) is 62.5. The van der Waals surface area contributed by atoms with Gasteiger partial charge < -0.3 is 4.42 Å². The van der Waals surface area contributed by atoms with Gasteiger partial charge in [0.1, 0.15) is 11.2 Å². The van der Waals surface area contributed by atoms with E-state index in [1.165, 1.54) is 98.7 Å². The quantitative estimate of drug-likeness (QED) is 0.172. The lowest BCUT2D eigenvalue weighted by Crippen LogP contribution is -2.14. The third-order valence-electron chi connectivity index (χ3n) is 11.6. The minimum Gasteiger partial charge on any atom is -0.456 e. The number of fused-ring (bicyclic) bond motifs is 9. The highest BCUT2D eigenvalue weighted by molar-refractivity contribution is 6.21. The first-order chi connectivity index (χ1) is 25.5. The number of para-hydroxylation sites is 1. The van der Waals surface area contributed by atoms with Gasteiger partial charge in [0.15, 0.2) is 0 Å². The molecule has 0 amide bonds. The van der Waals surface area contributed by atoms with E-state index in [0.717, 1.165) is 11.2 Å². The zero-order chi connectivity index (χ0) is 34.6. The lowest BCUT2D eigenvalue weighted by Gasteiger charge is -2.21. The Hall–Kier alpha value is -6.44. The summed E-state index contributed by atoms with van der Waals surface area (Å²) in [5.74, 6) is 0. The van der Waals surface area contributed by atoms with Crippen LogP contribution in [-0.4, -0.2) is 0 Å². The summed E-state index contributed by atoms with van der Waals surface area (Å²) in [5, 5.41) is 9.97. The van der Waals surface area contributed by atoms with E-state index in [9.17, 15) is 0 Å². The molecule has 0 unspecified atom stereocenters. The average Bonchev–Trinajstić information content (AvgIpc) is 3.66. The van der Waals surface area contributed by atoms with Gasteiger partial charge in [0.2, 0.25) is 0 Å². The number of furan rings is 1. The third kappa shape index (κ3) is 4.17. The van der Waals surface area contributed by atoms with E-state index in [0.29, 0.717) is 0 Å². The fourth-order valence-corrected chi connectivity index (χ4v) is 9.07. The summed E-state index contributed by atoms with van der Waals surface area (Å²) in [6.07, 6.45) is 0. The largest absolute Gasteiger partial charge is 0.456 e. The summed E-state index contributed by atoms with van der Waals surface area (Å²) in [5.41, 5.74) is 14.6. The van der Waals surface area contributed by atoms with E-state index in [2.05, 4.69) is 178 Å². The molecular formula is C51H34O. The number of hydrogen-bond donors (Lipinski definition) is 0. The summed E-state index contributed by atoms with van der Waals surface area (Å²) >= 11 is 0. The minimum absolute atomic E-state index is 0.0965. The molecule has 9 aromatic carbocycles. The molecule has 0 saturated carbocycles. The van der Waals surface area contributed by atoms with Crippen LogP contribution in [0.2, 0.25) is 0 Å². The molecule has 1 heteroatoms. The Kier molecular flexibility index (Phi) is 6.08. The standard InChI is InChI=1S/C51H34O/c1-51(2)45-26-25-35(28-42(45)43-30-48-44(29-46(43)51)37-13-9-10-18-47(37)52-48)32-19-22-33(23-20-32)49-38-14-5-7-16-40(38)50(41-17-8-6-15-39(41)49)36-24-21-31-11-3-4-12-34(31)27-36/h3-30H,1-2H3. The van der Waals surface area contributed by atoms with Crippen LogP contribution in [-0.2, 0) is 5.41 Å². The first-order valence-corrected chi connectivity index (χ1v) is 18.2. The van der Waals surface area contributed by atoms with Crippen molar-refractivity contribution >= 4 is 54.3 Å². The average molecular weight is 663 g/mol. The van der Waals surface area contributed by atoms with Gasteiger partial charge in [-0.15, -0.1) is 0 Å². The van der Waals surface area contributed by atoms with Crippen LogP contribution in [0.15, 0.2) is 174 Å². The highest BCUT2D eigenvalue weighted by Crippen LogP contribution is 2.52. The van der Waals surface area contributed by atoms with Gasteiger partial charge in [0.05, 0.1) is 0 Å². The molecule has 0 aliphatic heterocycles. The molecule has 0 N–H and O–H groups in total. The molecule has 52 heavy (non-hydrogen) atoms. The summed E-state index contributed by atoms with van der Waals surface area (Å²) in [6.45, 7) is 4.69. The van der Waals surface area contributed by atoms with Crippen molar-refractivity contribution in [2.75, 3.05) is 0 Å². The maximum absolute atomic E-state index is 6.34. The van der Waals surface area contributed by atoms with E-state index >= 15 is 0 Å². The van der Waals surface area contributed by atoms with Crippen molar-refractivity contribution in [2.45, 2.75) is 19.3 Å². The Morgan fingerprint density at radius 1 is 0.346 bits per heavy atom. The van der Waals surface area contributed by atoms with Crippen LogP contribution in [0.5, 0.6) is 0 Å². The van der Waals surface area contributed by atoms with Crippen LogP contribution in [0.4, 0.5) is 0 Å². The first kappa shape index (κ1) is 29.3. The van der Waals surface area contributed by atoms with Crippen molar-refractivity contribution in [1.82, 2.24) is 0 Å². The normalized spacial score (nSPS) is 13.3. The summed E-state index contributed by atoms with van der Waals surface area (Å²) in [7, 11) is 0. The fraction of sp³-hybridized carbons (Fsp3) is 0.0588. The SMILES string of the molecule is CC1(C)c2ccc(-c3ccc(-c4c5ccccc5c(-c5ccc6ccccc6c5)c5ccccc45)cc3)cc2-c2cc3oc4ccccc4c3cc21. The number of rotatable bonds is 3. The molecule has 1 heterocycles. The molecule has 10 aromatic rings. The predicted octanol–water partition coefficient (Wildman–Crippen LogP) is 14.4. The van der Waals surface area contributed by atoms with Gasteiger partial charge in [0, 0.05) is 16.2 Å². The second kappa shape index (κ2) is 10.8. The molecule has 1 nitrogen and oxygen atoms in total. The number of hydrogen-bond acceptors (Lipinski definition) is 1. The van der Waals surface area contributed by atoms with Gasteiger partial charge >= 0.3 is 0 Å². The molecule has 1 aliphatic carbocycles. The van der Waals surface area contributed by atoms with Crippen molar-refractivity contribution in [3.8, 4) is 44.5 Å². The molecule has 0 fully saturated rings. The minimum atomic E-state index is -0.0965. The van der Waals surface area contributed by atoms with E-state index in [-0.39, 0.29) is 5.41 Å². The molecular weight excluding hydrogens is 629 g/mol. The van der Waals surface area contributed by atoms with Crippen molar-refractivity contribution < 1.29 is 4.42 Å². The van der Waals surface area contributed by atoms with E-state index < -0.39 is 0 Å². The van der Waals surface area contributed by atoms with E-state index in [4.69, 9.17) is 4.42 Å². The fourth-order valence-electron chi connectivity index (χ4n) is 9.07. The molecule has 0 spiro atoms. The predicted molar refractivity (Wildman–Crippen MR) is 220 cm³/mol. The smallest absolute Gasteiger partial charge is 0.136 e. The molecule has 0 saturated heterocycles. The Morgan fingerprint density at radius 2 is 0.885 bits per heavy atom. The van der Waals surface area contributed by atoms with Gasteiger partial charge in [0.25, 0.3) is 0 Å². The van der Waals surface area contributed by atoms with Gasteiger partial charge in [-0.25, -0.2) is 0 Å². The Balaban J connectivity index is 1.04. The molecule has 244 valence electrons. The van der Waals surface area contributed by atoms with Crippen molar-refractivity contribution in [3.05, 3.63) is 181 Å². The topological polar surface area (TPSA) is 13.1 Å². The molecule has 11 rings (SSSR count). The van der Waals surface area contributed by atoms with Gasteiger partial charge in [-0.2, -0.15) is 0 Å². The Bertz CT molecular complexity index is 3030. The van der Waals surface area contributed by atoms with Crippen LogP contribution in [0.3, 0.4) is 0 Å². The highest BCUT2D eigenvalue weighted by Gasteiger charge is 2.36. The van der Waals surface area contributed by atoms with Crippen LogP contribution in [0.25, 0.3) is 98.8 Å². The molecule has 1 aromatic heterocycles. The monoisotopic (exact) mass is 662 g/mol. The zero-order valence-electron chi connectivity index (χ0n) is 29.1. The van der Waals surface area contributed by atoms with Crippen molar-refractivity contribution in [3.63, 3.8) is 0 Å². The van der Waals surface area contributed by atoms with E-state index in [1.54, 1.807) is 0 Å². The van der Waals surface area contributed by atoms with Crippen LogP contribution in [0, 0.1) is 0 Å². The maximum atomic E-state index is 6.34. The Labute approximate surface area is 302 Å². The van der Waals surface area contributed by atoms with Crippen LogP contribution >= 0.6 is 0 Å². The summed E-state index contributed by atoms with van der Waals surface area (Å²) < 4.78 is 6.34. The van der Waals surface area contributed by atoms with Crippen molar-refractivity contribution in [1.29, 1.82) is 0 Å². The van der Waals surface area contributed by atoms with Gasteiger partial charge in [-0.1, -0.05) is 153 Å². The second-order valence-electron chi connectivity index (χ2n) is 14.9.